The molecule has 142 valence electrons. The minimum absolute atomic E-state index is 0.0923. The van der Waals surface area contributed by atoms with Gasteiger partial charge in [-0.15, -0.1) is 0 Å². The molecule has 9 heteroatoms. The summed E-state index contributed by atoms with van der Waals surface area (Å²) in [5.74, 6) is -1.72. The Hall–Kier alpha value is -2.99. The number of methoxy groups -OCH3 is 1. The summed E-state index contributed by atoms with van der Waals surface area (Å²) in [7, 11) is 1.57. The maximum Gasteiger partial charge on any atom is 0.264 e. The van der Waals surface area contributed by atoms with Crippen molar-refractivity contribution in [2.75, 3.05) is 17.7 Å². The summed E-state index contributed by atoms with van der Waals surface area (Å²) in [6.07, 6.45) is 2.02. The molecule has 27 heavy (non-hydrogen) atoms. The minimum Gasteiger partial charge on any atom is -0.497 e. The van der Waals surface area contributed by atoms with Crippen molar-refractivity contribution >= 4 is 17.3 Å². The van der Waals surface area contributed by atoms with Crippen molar-refractivity contribution in [1.29, 1.82) is 5.26 Å². The summed E-state index contributed by atoms with van der Waals surface area (Å²) in [5.41, 5.74) is 6.48. The van der Waals surface area contributed by atoms with Crippen LogP contribution < -0.4 is 21.1 Å². The van der Waals surface area contributed by atoms with E-state index in [2.05, 4.69) is 20.6 Å². The standard InChI is InChI=1S/C18H20F2N6O/c1-27-12-6-4-11(5-7-12)24-17-14(9-21)23-10-15(26-17)25-13-3-2-8-18(19,20)16(13)22/h4-7,10,13,16H,2-3,8,22H2,1H3,(H2,24,25,26)/t13-,16-/m1/s1. The molecule has 0 amide bonds. The van der Waals surface area contributed by atoms with Crippen LogP contribution in [-0.4, -0.2) is 35.1 Å². The Bertz CT molecular complexity index is 837. The molecule has 2 atom stereocenters. The van der Waals surface area contributed by atoms with Crippen molar-refractivity contribution in [3.05, 3.63) is 36.2 Å². The van der Waals surface area contributed by atoms with Gasteiger partial charge in [-0.25, -0.2) is 18.7 Å². The predicted molar refractivity (Wildman–Crippen MR) is 97.2 cm³/mol. The van der Waals surface area contributed by atoms with Gasteiger partial charge in [-0.05, 0) is 37.1 Å². The first-order valence-electron chi connectivity index (χ1n) is 8.51. The molecule has 0 bridgehead atoms. The van der Waals surface area contributed by atoms with Crippen molar-refractivity contribution in [1.82, 2.24) is 9.97 Å². The second-order valence-electron chi connectivity index (χ2n) is 6.35. The number of nitrogens with one attached hydrogen (secondary N) is 2. The number of nitrogens with zero attached hydrogens (tertiary/aromatic N) is 3. The molecule has 0 aliphatic heterocycles. The number of hydrogen-bond donors (Lipinski definition) is 3. The SMILES string of the molecule is COc1ccc(Nc2nc(N[C@@H]3CCCC(F)(F)[C@@H]3N)cnc2C#N)cc1. The number of benzene rings is 1. The number of aromatic nitrogens is 2. The molecular formula is C18H20F2N6O. The summed E-state index contributed by atoms with van der Waals surface area (Å²) >= 11 is 0. The molecule has 1 heterocycles. The van der Waals surface area contributed by atoms with Crippen molar-refractivity contribution in [2.45, 2.75) is 37.3 Å². The van der Waals surface area contributed by atoms with Crippen LogP contribution >= 0.6 is 0 Å². The zero-order valence-electron chi connectivity index (χ0n) is 14.7. The van der Waals surface area contributed by atoms with Crippen LogP contribution in [0.1, 0.15) is 25.0 Å². The molecule has 1 aromatic heterocycles. The molecular weight excluding hydrogens is 354 g/mol. The van der Waals surface area contributed by atoms with Gasteiger partial charge in [0.2, 0.25) is 0 Å². The van der Waals surface area contributed by atoms with Crippen LogP contribution in [0.25, 0.3) is 0 Å². The van der Waals surface area contributed by atoms with E-state index in [1.807, 2.05) is 6.07 Å². The van der Waals surface area contributed by atoms with Gasteiger partial charge in [-0.1, -0.05) is 0 Å². The van der Waals surface area contributed by atoms with Crippen LogP contribution in [0.3, 0.4) is 0 Å². The lowest BCUT2D eigenvalue weighted by atomic mass is 9.87. The fraction of sp³-hybridized carbons (Fsp3) is 0.389. The highest BCUT2D eigenvalue weighted by Gasteiger charge is 2.44. The van der Waals surface area contributed by atoms with E-state index in [1.54, 1.807) is 31.4 Å². The van der Waals surface area contributed by atoms with Gasteiger partial charge in [0.1, 0.15) is 17.6 Å². The first-order valence-corrected chi connectivity index (χ1v) is 8.51. The fourth-order valence-electron chi connectivity index (χ4n) is 2.99. The van der Waals surface area contributed by atoms with E-state index >= 15 is 0 Å². The van der Waals surface area contributed by atoms with E-state index in [-0.39, 0.29) is 23.8 Å². The third-order valence-corrected chi connectivity index (χ3v) is 4.51. The highest BCUT2D eigenvalue weighted by molar-refractivity contribution is 5.63. The monoisotopic (exact) mass is 374 g/mol. The molecule has 1 aliphatic carbocycles. The van der Waals surface area contributed by atoms with E-state index in [1.165, 1.54) is 6.20 Å². The Morgan fingerprint density at radius 1 is 1.33 bits per heavy atom. The average Bonchev–Trinajstić information content (AvgIpc) is 2.66. The van der Waals surface area contributed by atoms with E-state index in [4.69, 9.17) is 10.5 Å². The Morgan fingerprint density at radius 3 is 2.74 bits per heavy atom. The normalized spacial score (nSPS) is 21.1. The van der Waals surface area contributed by atoms with E-state index in [0.717, 1.165) is 0 Å². The molecule has 0 spiro atoms. The molecule has 4 N–H and O–H groups in total. The molecule has 1 saturated carbocycles. The highest BCUT2D eigenvalue weighted by atomic mass is 19.3. The molecule has 1 aliphatic rings. The maximum absolute atomic E-state index is 13.8. The number of hydrogen-bond acceptors (Lipinski definition) is 7. The summed E-state index contributed by atoms with van der Waals surface area (Å²) in [5, 5.41) is 15.2. The third-order valence-electron chi connectivity index (χ3n) is 4.51. The number of halogens is 2. The third kappa shape index (κ3) is 4.23. The zero-order chi connectivity index (χ0) is 19.4. The van der Waals surface area contributed by atoms with E-state index < -0.39 is 18.0 Å². The summed E-state index contributed by atoms with van der Waals surface area (Å²) in [6, 6.07) is 7.07. The number of anilines is 3. The Labute approximate surface area is 155 Å². The molecule has 1 aromatic carbocycles. The second kappa shape index (κ2) is 7.72. The lowest BCUT2D eigenvalue weighted by Gasteiger charge is -2.36. The largest absolute Gasteiger partial charge is 0.497 e. The molecule has 2 aromatic rings. The van der Waals surface area contributed by atoms with E-state index in [0.29, 0.717) is 24.3 Å². The van der Waals surface area contributed by atoms with Gasteiger partial charge in [0.15, 0.2) is 11.5 Å². The smallest absolute Gasteiger partial charge is 0.264 e. The van der Waals surface area contributed by atoms with Crippen LogP contribution in [0, 0.1) is 11.3 Å². The Kier molecular flexibility index (Phi) is 5.37. The van der Waals surface area contributed by atoms with Crippen molar-refractivity contribution in [3.63, 3.8) is 0 Å². The van der Waals surface area contributed by atoms with Crippen LogP contribution in [0.2, 0.25) is 0 Å². The van der Waals surface area contributed by atoms with Gasteiger partial charge in [0.05, 0.1) is 19.3 Å². The van der Waals surface area contributed by atoms with Crippen molar-refractivity contribution < 1.29 is 13.5 Å². The average molecular weight is 374 g/mol. The first-order chi connectivity index (χ1) is 12.9. The van der Waals surface area contributed by atoms with Crippen LogP contribution in [-0.2, 0) is 0 Å². The van der Waals surface area contributed by atoms with Crippen LogP contribution in [0.5, 0.6) is 5.75 Å². The number of alkyl halides is 2. The summed E-state index contributed by atoms with van der Waals surface area (Å²) in [4.78, 5) is 8.37. The molecule has 0 radical (unpaired) electrons. The van der Waals surface area contributed by atoms with Gasteiger partial charge < -0.3 is 21.1 Å². The quantitative estimate of drug-likeness (QED) is 0.738. The van der Waals surface area contributed by atoms with Gasteiger partial charge in [0, 0.05) is 18.2 Å². The Morgan fingerprint density at radius 2 is 2.07 bits per heavy atom. The number of ether oxygens (including phenoxy) is 1. The van der Waals surface area contributed by atoms with Crippen LogP contribution in [0.15, 0.2) is 30.5 Å². The Balaban J connectivity index is 1.79. The molecule has 0 saturated heterocycles. The zero-order valence-corrected chi connectivity index (χ0v) is 14.7. The lowest BCUT2D eigenvalue weighted by molar-refractivity contribution is -0.0554. The highest BCUT2D eigenvalue weighted by Crippen LogP contribution is 2.33. The van der Waals surface area contributed by atoms with Gasteiger partial charge in [-0.3, -0.25) is 0 Å². The molecule has 7 nitrogen and oxygen atoms in total. The van der Waals surface area contributed by atoms with Crippen LogP contribution in [0.4, 0.5) is 26.1 Å². The van der Waals surface area contributed by atoms with Gasteiger partial charge in [-0.2, -0.15) is 5.26 Å². The lowest BCUT2D eigenvalue weighted by Crippen LogP contribution is -2.55. The van der Waals surface area contributed by atoms with E-state index in [9.17, 15) is 14.0 Å². The number of nitriles is 1. The summed E-state index contributed by atoms with van der Waals surface area (Å²) in [6.45, 7) is 0. The minimum atomic E-state index is -2.92. The second-order valence-corrected chi connectivity index (χ2v) is 6.35. The molecule has 1 fully saturated rings. The predicted octanol–water partition coefficient (Wildman–Crippen LogP) is 3.03. The fourth-order valence-corrected chi connectivity index (χ4v) is 2.99. The molecule has 3 rings (SSSR count). The maximum atomic E-state index is 13.8. The van der Waals surface area contributed by atoms with Gasteiger partial charge >= 0.3 is 0 Å². The first kappa shape index (κ1) is 18.8. The van der Waals surface area contributed by atoms with Crippen molar-refractivity contribution in [3.8, 4) is 11.8 Å². The number of rotatable bonds is 5. The van der Waals surface area contributed by atoms with Crippen molar-refractivity contribution in [2.24, 2.45) is 5.73 Å². The van der Waals surface area contributed by atoms with Gasteiger partial charge in [0.25, 0.3) is 5.92 Å². The molecule has 0 unspecified atom stereocenters. The number of nitrogens with two attached hydrogens (primary N) is 1. The summed E-state index contributed by atoms with van der Waals surface area (Å²) < 4.78 is 32.8. The topological polar surface area (TPSA) is 109 Å².